The largest absolute Gasteiger partial charge is 0.456 e. The number of hydrogen-bond donors (Lipinski definition) is 2. The minimum absolute atomic E-state index is 0.0195. The number of nitrogens with one attached hydrogen (secondary N) is 1. The van der Waals surface area contributed by atoms with Crippen LogP contribution in [-0.2, 0) is 33.4 Å². The lowest BCUT2D eigenvalue weighted by Gasteiger charge is -2.63. The molecule has 0 aromatic rings. The molecule has 11 heteroatoms. The molecule has 9 nitrogen and oxygen atoms in total. The van der Waals surface area contributed by atoms with Crippen LogP contribution in [0.25, 0.3) is 0 Å². The molecule has 0 radical (unpaired) electrons. The van der Waals surface area contributed by atoms with Crippen molar-refractivity contribution in [2.45, 2.75) is 135 Å². The first kappa shape index (κ1) is 35.8. The summed E-state index contributed by atoms with van der Waals surface area (Å²) in [7, 11) is 0. The number of amides is 1. The van der Waals surface area contributed by atoms with Crippen molar-refractivity contribution < 1.29 is 47.3 Å². The van der Waals surface area contributed by atoms with E-state index in [1.807, 2.05) is 20.8 Å². The molecule has 4 aliphatic carbocycles. The Kier molecular flexibility index (Phi) is 9.23. The zero-order chi connectivity index (χ0) is 34.9. The summed E-state index contributed by atoms with van der Waals surface area (Å²) in [5, 5.41) is 14.5. The highest BCUT2D eigenvalue weighted by Gasteiger charge is 2.80. The number of Topliss-reactive ketones (excluding diaryl/α,β-unsaturated/α-hetero) is 1. The molecule has 0 spiro atoms. The Labute approximate surface area is 276 Å². The molecule has 1 saturated heterocycles. The Morgan fingerprint density at radius 3 is 2.49 bits per heavy atom. The van der Waals surface area contributed by atoms with E-state index >= 15 is 8.78 Å². The van der Waals surface area contributed by atoms with E-state index in [0.717, 1.165) is 6.08 Å². The van der Waals surface area contributed by atoms with Crippen LogP contribution in [0.2, 0.25) is 0 Å². The van der Waals surface area contributed by atoms with E-state index in [2.05, 4.69) is 5.32 Å². The SMILES string of the molecule is CCCC1O[C@@H]2C[C@H]3[C@@H]4C[C@H](F)C5=CC(=O)C=C[C@]5(C)[C@@]4(F)[C@@H](O)C[C@]3(C)[C@]2(C(=O)COC(=O)C(C)(C)NC(=O)[C@@H](C)CC(C)C)O1. The van der Waals surface area contributed by atoms with Gasteiger partial charge in [-0.05, 0) is 82.4 Å². The van der Waals surface area contributed by atoms with Crippen molar-refractivity contribution in [2.24, 2.45) is 34.5 Å². The number of ketones is 2. The molecular weight excluding hydrogens is 612 g/mol. The number of carbonyl (C=O) groups is 4. The third-order valence-electron chi connectivity index (χ3n) is 11.9. The second-order valence-electron chi connectivity index (χ2n) is 15.9. The lowest BCUT2D eigenvalue weighted by atomic mass is 9.44. The molecule has 11 atom stereocenters. The summed E-state index contributed by atoms with van der Waals surface area (Å²) in [6.45, 7) is 13.3. The van der Waals surface area contributed by atoms with Gasteiger partial charge in [0.05, 0.1) is 12.2 Å². The van der Waals surface area contributed by atoms with E-state index in [0.29, 0.717) is 19.3 Å². The molecule has 5 rings (SSSR count). The molecule has 1 aliphatic heterocycles. The summed E-state index contributed by atoms with van der Waals surface area (Å²) in [6, 6.07) is 0. The molecular formula is C36H51F2NO8. The summed E-state index contributed by atoms with van der Waals surface area (Å²) in [4.78, 5) is 52.6. The number of rotatable bonds is 10. The second kappa shape index (κ2) is 12.1. The number of esters is 1. The highest BCUT2D eigenvalue weighted by Crippen LogP contribution is 2.72. The quantitative estimate of drug-likeness (QED) is 0.317. The molecule has 0 aromatic heterocycles. The summed E-state index contributed by atoms with van der Waals surface area (Å²) >= 11 is 0. The zero-order valence-corrected chi connectivity index (χ0v) is 28.9. The molecule has 262 valence electrons. The van der Waals surface area contributed by atoms with Crippen LogP contribution in [0.1, 0.15) is 93.9 Å². The molecule has 0 aromatic carbocycles. The molecule has 1 amide bonds. The Morgan fingerprint density at radius 2 is 1.85 bits per heavy atom. The number of aliphatic hydroxyl groups excluding tert-OH is 1. The van der Waals surface area contributed by atoms with Crippen molar-refractivity contribution in [1.29, 1.82) is 0 Å². The van der Waals surface area contributed by atoms with Gasteiger partial charge in [0.15, 0.2) is 29.9 Å². The number of ether oxygens (including phenoxy) is 3. The number of fused-ring (bicyclic) bond motifs is 7. The Balaban J connectivity index is 1.43. The van der Waals surface area contributed by atoms with Crippen molar-refractivity contribution in [3.8, 4) is 0 Å². The fourth-order valence-electron chi connectivity index (χ4n) is 9.60. The number of alkyl halides is 2. The van der Waals surface area contributed by atoms with Crippen LogP contribution in [0.5, 0.6) is 0 Å². The maximum atomic E-state index is 17.7. The molecule has 1 unspecified atom stereocenters. The van der Waals surface area contributed by atoms with Gasteiger partial charge in [0.1, 0.15) is 11.7 Å². The van der Waals surface area contributed by atoms with Crippen LogP contribution >= 0.6 is 0 Å². The van der Waals surface area contributed by atoms with E-state index in [4.69, 9.17) is 14.2 Å². The van der Waals surface area contributed by atoms with E-state index in [1.54, 1.807) is 13.8 Å². The maximum Gasteiger partial charge on any atom is 0.331 e. The van der Waals surface area contributed by atoms with Gasteiger partial charge >= 0.3 is 5.97 Å². The molecule has 47 heavy (non-hydrogen) atoms. The van der Waals surface area contributed by atoms with Gasteiger partial charge in [-0.3, -0.25) is 14.4 Å². The minimum Gasteiger partial charge on any atom is -0.456 e. The third-order valence-corrected chi connectivity index (χ3v) is 11.9. The summed E-state index contributed by atoms with van der Waals surface area (Å²) in [6.07, 6.45) is 0.424. The van der Waals surface area contributed by atoms with Gasteiger partial charge in [-0.2, -0.15) is 0 Å². The third kappa shape index (κ3) is 5.34. The Morgan fingerprint density at radius 1 is 1.17 bits per heavy atom. The van der Waals surface area contributed by atoms with Crippen molar-refractivity contribution in [3.63, 3.8) is 0 Å². The van der Waals surface area contributed by atoms with E-state index in [-0.39, 0.29) is 42.6 Å². The number of carbonyl (C=O) groups excluding carboxylic acids is 4. The van der Waals surface area contributed by atoms with Crippen molar-refractivity contribution >= 4 is 23.4 Å². The fourth-order valence-corrected chi connectivity index (χ4v) is 9.60. The molecule has 1 heterocycles. The average molecular weight is 664 g/mol. The number of allylic oxidation sites excluding steroid dienone is 4. The van der Waals surface area contributed by atoms with Gasteiger partial charge in [0.25, 0.3) is 0 Å². The number of aliphatic hydroxyl groups is 1. The summed E-state index contributed by atoms with van der Waals surface area (Å²) in [5.74, 6) is -3.84. The van der Waals surface area contributed by atoms with Crippen LogP contribution in [0.3, 0.4) is 0 Å². The predicted molar refractivity (Wildman–Crippen MR) is 168 cm³/mol. The van der Waals surface area contributed by atoms with E-state index in [1.165, 1.54) is 32.9 Å². The monoisotopic (exact) mass is 663 g/mol. The van der Waals surface area contributed by atoms with Gasteiger partial charge < -0.3 is 24.6 Å². The van der Waals surface area contributed by atoms with Crippen LogP contribution in [0, 0.1) is 34.5 Å². The van der Waals surface area contributed by atoms with Crippen LogP contribution in [-0.4, -0.2) is 76.6 Å². The second-order valence-corrected chi connectivity index (χ2v) is 15.9. The normalized spacial score (nSPS) is 41.4. The van der Waals surface area contributed by atoms with Gasteiger partial charge in [-0.25, -0.2) is 13.6 Å². The first-order valence-electron chi connectivity index (χ1n) is 17.1. The highest BCUT2D eigenvalue weighted by atomic mass is 19.1. The maximum absolute atomic E-state index is 17.7. The zero-order valence-electron chi connectivity index (χ0n) is 28.9. The average Bonchev–Trinajstić information content (AvgIpc) is 3.46. The van der Waals surface area contributed by atoms with Gasteiger partial charge in [-0.1, -0.05) is 47.1 Å². The lowest BCUT2D eigenvalue weighted by Crippen LogP contribution is -2.71. The molecule has 2 N–H and O–H groups in total. The Bertz CT molecular complexity index is 1380. The molecule has 0 bridgehead atoms. The fraction of sp³-hybridized carbons (Fsp3) is 0.778. The van der Waals surface area contributed by atoms with Crippen molar-refractivity contribution in [3.05, 3.63) is 23.8 Å². The summed E-state index contributed by atoms with van der Waals surface area (Å²) in [5.41, 5.74) is -8.20. The minimum atomic E-state index is -2.32. The molecule has 5 aliphatic rings. The standard InChI is InChI=1S/C36H51F2NO8/c1-9-10-29-46-28-16-22-23-15-25(37)24-14-21(40)11-12-33(24,7)35(23,38)26(41)17-34(22,8)36(28,47-29)27(42)18-45-31(44)32(5,6)39-30(43)20(4)13-19(2)3/h11-12,14,19-20,22-23,25-26,28-29,41H,9-10,13,15-18H2,1-8H3,(H,39,43)/t20-,22-,23-,25-,26-,28+,29?,33-,34-,35-,36+/m0/s1. The van der Waals surface area contributed by atoms with Gasteiger partial charge in [0, 0.05) is 22.7 Å². The van der Waals surface area contributed by atoms with Crippen molar-refractivity contribution in [1.82, 2.24) is 5.32 Å². The van der Waals surface area contributed by atoms with Crippen LogP contribution in [0.15, 0.2) is 23.8 Å². The summed E-state index contributed by atoms with van der Waals surface area (Å²) < 4.78 is 51.9. The highest BCUT2D eigenvalue weighted by molar-refractivity contribution is 6.01. The molecule has 4 fully saturated rings. The van der Waals surface area contributed by atoms with E-state index in [9.17, 15) is 24.3 Å². The predicted octanol–water partition coefficient (Wildman–Crippen LogP) is 4.88. The molecule has 3 saturated carbocycles. The van der Waals surface area contributed by atoms with E-state index < -0.39 is 88.3 Å². The topological polar surface area (TPSA) is 128 Å². The number of halogens is 2. The Hall–Kier alpha value is -2.50. The van der Waals surface area contributed by atoms with Crippen LogP contribution < -0.4 is 5.32 Å². The first-order valence-corrected chi connectivity index (χ1v) is 17.1. The number of hydrogen-bond acceptors (Lipinski definition) is 8. The van der Waals surface area contributed by atoms with Gasteiger partial charge in [-0.15, -0.1) is 0 Å². The smallest absolute Gasteiger partial charge is 0.331 e. The van der Waals surface area contributed by atoms with Gasteiger partial charge in [0.2, 0.25) is 11.7 Å². The first-order chi connectivity index (χ1) is 21.8. The van der Waals surface area contributed by atoms with Crippen molar-refractivity contribution in [2.75, 3.05) is 6.61 Å². The van der Waals surface area contributed by atoms with Crippen LogP contribution in [0.4, 0.5) is 8.78 Å². The lowest BCUT2D eigenvalue weighted by molar-refractivity contribution is -0.235.